The summed E-state index contributed by atoms with van der Waals surface area (Å²) in [4.78, 5) is 14.1. The molecule has 1 rings (SSSR count). The van der Waals surface area contributed by atoms with Crippen LogP contribution in [0.5, 0.6) is 0 Å². The zero-order valence-corrected chi connectivity index (χ0v) is 7.23. The third-order valence-electron chi connectivity index (χ3n) is 1.39. The van der Waals surface area contributed by atoms with Gasteiger partial charge in [-0.15, -0.1) is 0 Å². The molecule has 1 aromatic carbocycles. The van der Waals surface area contributed by atoms with Gasteiger partial charge in [0.05, 0.1) is 18.9 Å². The van der Waals surface area contributed by atoms with E-state index >= 15 is 0 Å². The fourth-order valence-electron chi connectivity index (χ4n) is 0.817. The molecule has 0 amide bonds. The zero-order chi connectivity index (χ0) is 9.52. The predicted octanol–water partition coefficient (Wildman–Crippen LogP) is 1.75. The Kier molecular flexibility index (Phi) is 3.48. The van der Waals surface area contributed by atoms with Crippen molar-refractivity contribution >= 4 is 17.5 Å². The van der Waals surface area contributed by atoms with E-state index in [-0.39, 0.29) is 5.90 Å². The van der Waals surface area contributed by atoms with Gasteiger partial charge in [-0.1, -0.05) is 18.2 Å². The molecule has 0 unspecified atom stereocenters. The van der Waals surface area contributed by atoms with Crippen molar-refractivity contribution in [3.8, 4) is 0 Å². The van der Waals surface area contributed by atoms with Crippen molar-refractivity contribution in [1.29, 1.82) is 0 Å². The van der Waals surface area contributed by atoms with Crippen molar-refractivity contribution < 1.29 is 9.53 Å². The largest absolute Gasteiger partial charge is 0.480 e. The molecule has 0 aromatic heterocycles. The predicted molar refractivity (Wildman–Crippen MR) is 50.8 cm³/mol. The lowest BCUT2D eigenvalue weighted by Crippen LogP contribution is -1.95. The van der Waals surface area contributed by atoms with Gasteiger partial charge in [0.1, 0.15) is 5.94 Å². The minimum atomic E-state index is 0.251. The number of benzene rings is 1. The van der Waals surface area contributed by atoms with E-state index < -0.39 is 0 Å². The lowest BCUT2D eigenvalue weighted by atomic mass is 10.3. The summed E-state index contributed by atoms with van der Waals surface area (Å²) < 4.78 is 4.83. The smallest absolute Gasteiger partial charge is 0.224 e. The Labute approximate surface area is 76.4 Å². The van der Waals surface area contributed by atoms with Gasteiger partial charge < -0.3 is 4.74 Å². The van der Waals surface area contributed by atoms with E-state index in [1.54, 1.807) is 5.94 Å². The highest BCUT2D eigenvalue weighted by atomic mass is 16.5. The Morgan fingerprint density at radius 3 is 2.69 bits per heavy atom. The molecular formula is C10H9NO2. The van der Waals surface area contributed by atoms with Crippen molar-refractivity contribution in [1.82, 2.24) is 0 Å². The second-order valence-electron chi connectivity index (χ2n) is 2.25. The molecule has 0 saturated heterocycles. The molecule has 66 valence electrons. The van der Waals surface area contributed by atoms with E-state index in [9.17, 15) is 4.79 Å². The van der Waals surface area contributed by atoms with Crippen LogP contribution < -0.4 is 0 Å². The van der Waals surface area contributed by atoms with Gasteiger partial charge in [-0.25, -0.2) is 9.79 Å². The first kappa shape index (κ1) is 9.23. The SMILES string of the molecule is COC(C=C=O)=Nc1ccccc1. The summed E-state index contributed by atoms with van der Waals surface area (Å²) in [6.07, 6.45) is 1.15. The number of methoxy groups -OCH3 is 1. The third kappa shape index (κ3) is 2.93. The van der Waals surface area contributed by atoms with Gasteiger partial charge in [0.25, 0.3) is 0 Å². The monoisotopic (exact) mass is 175 g/mol. The first-order valence-corrected chi connectivity index (χ1v) is 3.75. The zero-order valence-electron chi connectivity index (χ0n) is 7.23. The number of nitrogens with zero attached hydrogens (tertiary/aromatic N) is 1. The average Bonchev–Trinajstić information content (AvgIpc) is 2.19. The van der Waals surface area contributed by atoms with Crippen LogP contribution in [0.25, 0.3) is 0 Å². The van der Waals surface area contributed by atoms with Gasteiger partial charge in [-0.05, 0) is 12.1 Å². The quantitative estimate of drug-likeness (QED) is 0.390. The first-order valence-electron chi connectivity index (χ1n) is 3.75. The van der Waals surface area contributed by atoms with Crippen LogP contribution in [0.3, 0.4) is 0 Å². The molecule has 0 saturated carbocycles. The number of hydrogen-bond acceptors (Lipinski definition) is 3. The van der Waals surface area contributed by atoms with Crippen molar-refractivity contribution in [2.45, 2.75) is 0 Å². The van der Waals surface area contributed by atoms with Crippen molar-refractivity contribution in [2.75, 3.05) is 7.11 Å². The second-order valence-corrected chi connectivity index (χ2v) is 2.25. The third-order valence-corrected chi connectivity index (χ3v) is 1.39. The van der Waals surface area contributed by atoms with E-state index in [1.165, 1.54) is 7.11 Å². The van der Waals surface area contributed by atoms with Crippen LogP contribution in [0.2, 0.25) is 0 Å². The van der Waals surface area contributed by atoms with Crippen LogP contribution in [0.1, 0.15) is 0 Å². The van der Waals surface area contributed by atoms with Gasteiger partial charge in [0.15, 0.2) is 0 Å². The molecule has 0 aliphatic heterocycles. The van der Waals surface area contributed by atoms with Gasteiger partial charge in [0, 0.05) is 0 Å². The minimum absolute atomic E-state index is 0.251. The summed E-state index contributed by atoms with van der Waals surface area (Å²) in [5.41, 5.74) is 0.742. The lowest BCUT2D eigenvalue weighted by molar-refractivity contribution is 0.407. The molecule has 0 aliphatic rings. The highest BCUT2D eigenvalue weighted by Crippen LogP contribution is 2.10. The molecular weight excluding hydrogens is 166 g/mol. The van der Waals surface area contributed by atoms with Crippen LogP contribution in [0.4, 0.5) is 5.69 Å². The summed E-state index contributed by atoms with van der Waals surface area (Å²) in [6, 6.07) is 9.24. The minimum Gasteiger partial charge on any atom is -0.480 e. The molecule has 13 heavy (non-hydrogen) atoms. The van der Waals surface area contributed by atoms with E-state index in [0.717, 1.165) is 11.8 Å². The lowest BCUT2D eigenvalue weighted by Gasteiger charge is -1.96. The Bertz CT molecular complexity index is 337. The maximum atomic E-state index is 10.0. The van der Waals surface area contributed by atoms with Gasteiger partial charge in [-0.2, -0.15) is 0 Å². The van der Waals surface area contributed by atoms with Crippen LogP contribution in [-0.2, 0) is 9.53 Å². The second kappa shape index (κ2) is 4.91. The van der Waals surface area contributed by atoms with Crippen LogP contribution in [0, 0.1) is 0 Å². The summed E-state index contributed by atoms with van der Waals surface area (Å²) in [6.45, 7) is 0. The van der Waals surface area contributed by atoms with Crippen molar-refractivity contribution in [2.24, 2.45) is 4.99 Å². The van der Waals surface area contributed by atoms with Crippen LogP contribution in [0.15, 0.2) is 41.4 Å². The molecule has 0 bridgehead atoms. The molecule has 1 aromatic rings. The van der Waals surface area contributed by atoms with E-state index in [0.29, 0.717) is 0 Å². The van der Waals surface area contributed by atoms with Gasteiger partial charge in [0.2, 0.25) is 5.90 Å². The highest BCUT2D eigenvalue weighted by molar-refractivity contribution is 5.95. The summed E-state index contributed by atoms with van der Waals surface area (Å²) >= 11 is 0. The average molecular weight is 175 g/mol. The summed E-state index contributed by atoms with van der Waals surface area (Å²) in [7, 11) is 1.45. The van der Waals surface area contributed by atoms with Gasteiger partial charge >= 0.3 is 0 Å². The molecule has 0 fully saturated rings. The molecule has 0 N–H and O–H groups in total. The Balaban J connectivity index is 2.91. The highest BCUT2D eigenvalue weighted by Gasteiger charge is 1.92. The summed E-state index contributed by atoms with van der Waals surface area (Å²) in [5.74, 6) is 1.86. The molecule has 0 atom stereocenters. The molecule has 0 spiro atoms. The number of hydrogen-bond donors (Lipinski definition) is 0. The van der Waals surface area contributed by atoms with Crippen molar-refractivity contribution in [3.05, 3.63) is 36.4 Å². The molecule has 3 nitrogen and oxygen atoms in total. The first-order chi connectivity index (χ1) is 6.36. The molecule has 0 radical (unpaired) electrons. The Hall–Kier alpha value is -1.86. The van der Waals surface area contributed by atoms with E-state index in [2.05, 4.69) is 4.99 Å². The maximum Gasteiger partial charge on any atom is 0.224 e. The standard InChI is InChI=1S/C10H9NO2/c1-13-10(7-8-12)11-9-5-3-2-4-6-9/h2-7H,1H3. The molecule has 0 aliphatic carbocycles. The molecule has 3 heteroatoms. The Morgan fingerprint density at radius 2 is 2.15 bits per heavy atom. The molecule has 0 heterocycles. The van der Waals surface area contributed by atoms with Crippen molar-refractivity contribution in [3.63, 3.8) is 0 Å². The number of aliphatic imine (C=N–C) groups is 1. The van der Waals surface area contributed by atoms with Crippen LogP contribution in [-0.4, -0.2) is 18.9 Å². The van der Waals surface area contributed by atoms with Gasteiger partial charge in [-0.3, -0.25) is 0 Å². The Morgan fingerprint density at radius 1 is 1.46 bits per heavy atom. The van der Waals surface area contributed by atoms with E-state index in [1.807, 2.05) is 30.3 Å². The van der Waals surface area contributed by atoms with E-state index in [4.69, 9.17) is 4.74 Å². The topological polar surface area (TPSA) is 38.7 Å². The fraction of sp³-hybridized carbons (Fsp3) is 0.100. The maximum absolute atomic E-state index is 10.0. The summed E-state index contributed by atoms with van der Waals surface area (Å²) in [5, 5.41) is 0. The number of rotatable bonds is 2. The fourth-order valence-corrected chi connectivity index (χ4v) is 0.817. The number of carbonyl (C=O) groups excluding carboxylic acids is 1. The normalized spacial score (nSPS) is 10.4. The number of para-hydroxylation sites is 1. The van der Waals surface area contributed by atoms with Crippen LogP contribution >= 0.6 is 0 Å². The number of ether oxygens (including phenoxy) is 1.